The Hall–Kier alpha value is -4.02. The zero-order chi connectivity index (χ0) is 25.3. The quantitative estimate of drug-likeness (QED) is 0.381. The molecule has 8 nitrogen and oxygen atoms in total. The lowest BCUT2D eigenvalue weighted by Gasteiger charge is -2.10. The molecule has 0 saturated heterocycles. The fourth-order valence-corrected chi connectivity index (χ4v) is 3.10. The summed E-state index contributed by atoms with van der Waals surface area (Å²) in [5.74, 6) is -0.609. The molecule has 35 heavy (non-hydrogen) atoms. The molecule has 3 aromatic rings. The normalized spacial score (nSPS) is 11.1. The summed E-state index contributed by atoms with van der Waals surface area (Å²) in [5, 5.41) is 5.39. The van der Waals surface area contributed by atoms with Gasteiger partial charge in [0.2, 0.25) is 0 Å². The number of aromatic nitrogens is 2. The number of rotatable bonds is 11. The van der Waals surface area contributed by atoms with Crippen LogP contribution in [0.15, 0.2) is 54.7 Å². The van der Waals surface area contributed by atoms with Gasteiger partial charge in [-0.25, -0.2) is 4.98 Å². The first-order chi connectivity index (χ1) is 16.7. The van der Waals surface area contributed by atoms with Crippen molar-refractivity contribution in [3.05, 3.63) is 77.4 Å². The summed E-state index contributed by atoms with van der Waals surface area (Å²) in [6, 6.07) is 12.9. The Balaban J connectivity index is 1.37. The molecule has 0 aliphatic rings. The standard InChI is InChI=1S/C24H25F3N4O4/c1-2-16-4-3-5-17(12-16)10-11-28-23(33)20-13-29-21(31-20)14-30-22(32)15-34-18-6-8-19(9-7-18)35-24(25,26)27/h3-9,12-13H,2,10-11,14-15H2,1H3,(H,28,33)(H,29,31)(H,30,32). The number of aromatic amines is 1. The van der Waals surface area contributed by atoms with Crippen molar-refractivity contribution in [2.24, 2.45) is 0 Å². The molecule has 0 fully saturated rings. The number of benzene rings is 2. The molecule has 3 rings (SSSR count). The summed E-state index contributed by atoms with van der Waals surface area (Å²) in [5.41, 5.74) is 2.59. The summed E-state index contributed by atoms with van der Waals surface area (Å²) in [4.78, 5) is 31.3. The molecule has 2 aromatic carbocycles. The number of nitrogens with zero attached hydrogens (tertiary/aromatic N) is 1. The summed E-state index contributed by atoms with van der Waals surface area (Å²) < 4.78 is 45.5. The highest BCUT2D eigenvalue weighted by molar-refractivity contribution is 5.92. The molecule has 1 aromatic heterocycles. The number of hydrogen-bond donors (Lipinski definition) is 3. The van der Waals surface area contributed by atoms with E-state index < -0.39 is 18.0 Å². The highest BCUT2D eigenvalue weighted by Gasteiger charge is 2.31. The number of aryl methyl sites for hydroxylation is 1. The highest BCUT2D eigenvalue weighted by atomic mass is 19.4. The fourth-order valence-electron chi connectivity index (χ4n) is 3.10. The van der Waals surface area contributed by atoms with Gasteiger partial charge in [0.15, 0.2) is 6.61 Å². The van der Waals surface area contributed by atoms with Crippen LogP contribution < -0.4 is 20.1 Å². The first-order valence-corrected chi connectivity index (χ1v) is 10.9. The summed E-state index contributed by atoms with van der Waals surface area (Å²) >= 11 is 0. The molecule has 11 heteroatoms. The average Bonchev–Trinajstić information content (AvgIpc) is 3.31. The van der Waals surface area contributed by atoms with Gasteiger partial charge < -0.3 is 25.1 Å². The molecular weight excluding hydrogens is 465 g/mol. The minimum absolute atomic E-state index is 0.0393. The number of H-pyrrole nitrogens is 1. The van der Waals surface area contributed by atoms with Crippen molar-refractivity contribution in [2.75, 3.05) is 13.2 Å². The van der Waals surface area contributed by atoms with E-state index in [1.54, 1.807) is 0 Å². The number of imidazole rings is 1. The molecule has 0 atom stereocenters. The van der Waals surface area contributed by atoms with E-state index >= 15 is 0 Å². The maximum atomic E-state index is 12.3. The van der Waals surface area contributed by atoms with E-state index in [-0.39, 0.29) is 30.5 Å². The third-order valence-corrected chi connectivity index (χ3v) is 4.84. The van der Waals surface area contributed by atoms with Crippen LogP contribution in [-0.4, -0.2) is 41.3 Å². The monoisotopic (exact) mass is 490 g/mol. The Bertz CT molecular complexity index is 1130. The van der Waals surface area contributed by atoms with Crippen molar-refractivity contribution < 1.29 is 32.2 Å². The number of alkyl halides is 3. The van der Waals surface area contributed by atoms with Gasteiger partial charge in [-0.3, -0.25) is 9.59 Å². The molecule has 2 amide bonds. The maximum absolute atomic E-state index is 12.3. The molecule has 0 aliphatic carbocycles. The van der Waals surface area contributed by atoms with Gasteiger partial charge in [-0.2, -0.15) is 0 Å². The summed E-state index contributed by atoms with van der Waals surface area (Å²) in [6.45, 7) is 2.24. The number of amides is 2. The lowest BCUT2D eigenvalue weighted by molar-refractivity contribution is -0.274. The second-order valence-electron chi connectivity index (χ2n) is 7.50. The van der Waals surface area contributed by atoms with Gasteiger partial charge in [0.1, 0.15) is 23.0 Å². The Kier molecular flexibility index (Phi) is 8.71. The van der Waals surface area contributed by atoms with Gasteiger partial charge in [0.05, 0.1) is 6.54 Å². The lowest BCUT2D eigenvalue weighted by atomic mass is 10.1. The number of carbonyl (C=O) groups is 2. The first-order valence-electron chi connectivity index (χ1n) is 10.9. The minimum Gasteiger partial charge on any atom is -0.484 e. The van der Waals surface area contributed by atoms with Crippen LogP contribution >= 0.6 is 0 Å². The molecule has 3 N–H and O–H groups in total. The predicted octanol–water partition coefficient (Wildman–Crippen LogP) is 3.54. The van der Waals surface area contributed by atoms with E-state index in [1.165, 1.54) is 23.9 Å². The second-order valence-corrected chi connectivity index (χ2v) is 7.50. The minimum atomic E-state index is -4.78. The van der Waals surface area contributed by atoms with Gasteiger partial charge in [-0.05, 0) is 48.2 Å². The number of nitrogens with one attached hydrogen (secondary N) is 3. The fraction of sp³-hybridized carbons (Fsp3) is 0.292. The number of ether oxygens (including phenoxy) is 2. The molecule has 186 valence electrons. The van der Waals surface area contributed by atoms with Crippen molar-refractivity contribution in [2.45, 2.75) is 32.7 Å². The van der Waals surface area contributed by atoms with Crippen LogP contribution in [0.1, 0.15) is 34.4 Å². The third kappa shape index (κ3) is 8.69. The van der Waals surface area contributed by atoms with E-state index in [0.717, 1.165) is 24.1 Å². The number of halogens is 3. The average molecular weight is 490 g/mol. The van der Waals surface area contributed by atoms with Gasteiger partial charge in [-0.1, -0.05) is 31.2 Å². The number of hydrogen-bond acceptors (Lipinski definition) is 5. The zero-order valence-electron chi connectivity index (χ0n) is 18.9. The van der Waals surface area contributed by atoms with Gasteiger partial charge in [-0.15, -0.1) is 13.2 Å². The van der Waals surface area contributed by atoms with E-state index in [1.807, 2.05) is 12.1 Å². The summed E-state index contributed by atoms with van der Waals surface area (Å²) in [7, 11) is 0. The molecule has 0 spiro atoms. The van der Waals surface area contributed by atoms with Crippen LogP contribution in [-0.2, 0) is 24.2 Å². The Morgan fingerprint density at radius 2 is 1.74 bits per heavy atom. The largest absolute Gasteiger partial charge is 0.573 e. The zero-order valence-corrected chi connectivity index (χ0v) is 18.9. The smallest absolute Gasteiger partial charge is 0.484 e. The maximum Gasteiger partial charge on any atom is 0.573 e. The number of carbonyl (C=O) groups excluding carboxylic acids is 2. The van der Waals surface area contributed by atoms with Gasteiger partial charge in [0, 0.05) is 12.7 Å². The van der Waals surface area contributed by atoms with Crippen LogP contribution in [0.25, 0.3) is 0 Å². The molecule has 0 radical (unpaired) electrons. The molecule has 0 bridgehead atoms. The van der Waals surface area contributed by atoms with Crippen LogP contribution in [0.3, 0.4) is 0 Å². The molecule has 1 heterocycles. The summed E-state index contributed by atoms with van der Waals surface area (Å²) in [6.07, 6.45) is -1.68. The highest BCUT2D eigenvalue weighted by Crippen LogP contribution is 2.24. The van der Waals surface area contributed by atoms with E-state index in [4.69, 9.17) is 4.74 Å². The first kappa shape index (κ1) is 25.6. The third-order valence-electron chi connectivity index (χ3n) is 4.84. The van der Waals surface area contributed by atoms with Crippen molar-refractivity contribution >= 4 is 11.8 Å². The van der Waals surface area contributed by atoms with Crippen LogP contribution in [0.2, 0.25) is 0 Å². The van der Waals surface area contributed by atoms with Crippen molar-refractivity contribution in [1.82, 2.24) is 20.6 Å². The Morgan fingerprint density at radius 1 is 1.03 bits per heavy atom. The van der Waals surface area contributed by atoms with Crippen molar-refractivity contribution in [3.63, 3.8) is 0 Å². The van der Waals surface area contributed by atoms with E-state index in [0.29, 0.717) is 18.8 Å². The van der Waals surface area contributed by atoms with E-state index in [2.05, 4.69) is 44.4 Å². The van der Waals surface area contributed by atoms with Crippen LogP contribution in [0.4, 0.5) is 13.2 Å². The molecular formula is C24H25F3N4O4. The predicted molar refractivity (Wildman–Crippen MR) is 121 cm³/mol. The van der Waals surface area contributed by atoms with E-state index in [9.17, 15) is 22.8 Å². The van der Waals surface area contributed by atoms with Crippen LogP contribution in [0, 0.1) is 0 Å². The topological polar surface area (TPSA) is 105 Å². The van der Waals surface area contributed by atoms with Crippen LogP contribution in [0.5, 0.6) is 11.5 Å². The SMILES string of the molecule is CCc1cccc(CCNC(=O)c2c[nH]c(CNC(=O)COc3ccc(OC(F)(F)F)cc3)n2)c1. The molecule has 0 unspecified atom stereocenters. The van der Waals surface area contributed by atoms with Gasteiger partial charge in [0.25, 0.3) is 11.8 Å². The van der Waals surface area contributed by atoms with Gasteiger partial charge >= 0.3 is 6.36 Å². The van der Waals surface area contributed by atoms with Crippen molar-refractivity contribution in [3.8, 4) is 11.5 Å². The molecule has 0 aliphatic heterocycles. The Morgan fingerprint density at radius 3 is 2.46 bits per heavy atom. The molecule has 0 saturated carbocycles. The Labute approximate surface area is 199 Å². The lowest BCUT2D eigenvalue weighted by Crippen LogP contribution is -2.29. The second kappa shape index (κ2) is 11.9. The van der Waals surface area contributed by atoms with Crippen molar-refractivity contribution in [1.29, 1.82) is 0 Å².